The minimum atomic E-state index is -3.19. The number of nitrogens with two attached hydrogens (primary N) is 2. The molecule has 0 radical (unpaired) electrons. The van der Waals surface area contributed by atoms with E-state index in [4.69, 9.17) is 11.5 Å². The molecular formula is C21H25N5O2S. The van der Waals surface area contributed by atoms with E-state index in [1.54, 1.807) is 12.1 Å². The number of aromatic nitrogens is 2. The molecule has 0 bridgehead atoms. The molecule has 0 saturated carbocycles. The predicted molar refractivity (Wildman–Crippen MR) is 117 cm³/mol. The number of nitrogen functional groups attached to an aromatic ring is 2. The van der Waals surface area contributed by atoms with Crippen LogP contribution in [0.2, 0.25) is 0 Å². The molecule has 1 heterocycles. The lowest BCUT2D eigenvalue weighted by molar-refractivity contribution is 0.602. The quantitative estimate of drug-likeness (QED) is 0.569. The second-order valence-electron chi connectivity index (χ2n) is 6.94. The molecule has 0 aliphatic carbocycles. The van der Waals surface area contributed by atoms with Crippen LogP contribution in [-0.4, -0.2) is 24.6 Å². The smallest absolute Gasteiger partial charge is 0.222 e. The van der Waals surface area contributed by atoms with Crippen molar-refractivity contribution in [1.82, 2.24) is 9.97 Å². The van der Waals surface area contributed by atoms with Crippen molar-refractivity contribution in [2.75, 3.05) is 23.0 Å². The van der Waals surface area contributed by atoms with Crippen LogP contribution in [0.3, 0.4) is 0 Å². The molecule has 7 nitrogen and oxygen atoms in total. The monoisotopic (exact) mass is 411 g/mol. The van der Waals surface area contributed by atoms with Gasteiger partial charge in [-0.05, 0) is 54.3 Å². The third kappa shape index (κ3) is 4.65. The predicted octanol–water partition coefficient (Wildman–Crippen LogP) is 3.19. The van der Waals surface area contributed by atoms with Gasteiger partial charge in [0.15, 0.2) is 9.84 Å². The van der Waals surface area contributed by atoms with E-state index < -0.39 is 9.84 Å². The highest BCUT2D eigenvalue weighted by molar-refractivity contribution is 7.90. The Morgan fingerprint density at radius 2 is 1.72 bits per heavy atom. The molecule has 2 aromatic carbocycles. The first kappa shape index (κ1) is 20.6. The van der Waals surface area contributed by atoms with E-state index in [0.717, 1.165) is 33.6 Å². The fourth-order valence-corrected chi connectivity index (χ4v) is 3.82. The summed E-state index contributed by atoms with van der Waals surface area (Å²) in [6, 6.07) is 12.9. The first-order valence-corrected chi connectivity index (χ1v) is 11.1. The van der Waals surface area contributed by atoms with E-state index in [0.29, 0.717) is 23.7 Å². The van der Waals surface area contributed by atoms with Crippen molar-refractivity contribution in [2.45, 2.75) is 31.7 Å². The molecule has 0 unspecified atom stereocenters. The maximum atomic E-state index is 11.6. The zero-order chi connectivity index (χ0) is 21.2. The molecule has 5 N–H and O–H groups in total. The molecule has 0 aliphatic heterocycles. The summed E-state index contributed by atoms with van der Waals surface area (Å²) >= 11 is 0. The second-order valence-corrected chi connectivity index (χ2v) is 8.96. The average Bonchev–Trinajstić information content (AvgIpc) is 2.66. The van der Waals surface area contributed by atoms with Gasteiger partial charge in [-0.15, -0.1) is 0 Å². The Balaban J connectivity index is 1.80. The minimum Gasteiger partial charge on any atom is -0.383 e. The standard InChI is InChI=1S/C21H25N5O2S/c1-4-17-19(20(22)26-21(23)25-17)15-7-10-18(13(2)11-15)24-12-14-5-8-16(9-6-14)29(3,27)28/h5-11,24H,4,12H2,1-3H3,(H4,22,23,25,26). The molecule has 29 heavy (non-hydrogen) atoms. The lowest BCUT2D eigenvalue weighted by Crippen LogP contribution is -2.06. The van der Waals surface area contributed by atoms with Crippen LogP contribution in [0.25, 0.3) is 11.1 Å². The molecule has 0 aliphatic rings. The van der Waals surface area contributed by atoms with Crippen molar-refractivity contribution in [1.29, 1.82) is 0 Å². The van der Waals surface area contributed by atoms with E-state index in [1.165, 1.54) is 6.26 Å². The van der Waals surface area contributed by atoms with Crippen LogP contribution in [0.15, 0.2) is 47.4 Å². The lowest BCUT2D eigenvalue weighted by atomic mass is 10.00. The van der Waals surface area contributed by atoms with Gasteiger partial charge in [-0.1, -0.05) is 25.1 Å². The SMILES string of the molecule is CCc1nc(N)nc(N)c1-c1ccc(NCc2ccc(S(C)(=O)=O)cc2)c(C)c1. The van der Waals surface area contributed by atoms with Gasteiger partial charge in [0.1, 0.15) is 5.82 Å². The normalized spacial score (nSPS) is 11.4. The maximum Gasteiger partial charge on any atom is 0.222 e. The van der Waals surface area contributed by atoms with Gasteiger partial charge in [0.05, 0.1) is 10.6 Å². The number of hydrogen-bond acceptors (Lipinski definition) is 7. The Bertz CT molecular complexity index is 1140. The minimum absolute atomic E-state index is 0.181. The number of hydrogen-bond donors (Lipinski definition) is 3. The zero-order valence-electron chi connectivity index (χ0n) is 16.7. The van der Waals surface area contributed by atoms with Crippen LogP contribution in [0.5, 0.6) is 0 Å². The first-order valence-electron chi connectivity index (χ1n) is 9.24. The van der Waals surface area contributed by atoms with Gasteiger partial charge in [0.25, 0.3) is 0 Å². The topological polar surface area (TPSA) is 124 Å². The first-order chi connectivity index (χ1) is 13.7. The lowest BCUT2D eigenvalue weighted by Gasteiger charge is -2.14. The Morgan fingerprint density at radius 1 is 1.03 bits per heavy atom. The van der Waals surface area contributed by atoms with Crippen molar-refractivity contribution in [3.05, 3.63) is 59.3 Å². The molecule has 0 saturated heterocycles. The largest absolute Gasteiger partial charge is 0.383 e. The zero-order valence-corrected chi connectivity index (χ0v) is 17.5. The molecule has 0 spiro atoms. The molecule has 152 valence electrons. The number of benzene rings is 2. The van der Waals surface area contributed by atoms with E-state index >= 15 is 0 Å². The van der Waals surface area contributed by atoms with E-state index in [2.05, 4.69) is 15.3 Å². The number of sulfone groups is 1. The van der Waals surface area contributed by atoms with Crippen molar-refractivity contribution < 1.29 is 8.42 Å². The summed E-state index contributed by atoms with van der Waals surface area (Å²) in [6.07, 6.45) is 1.91. The van der Waals surface area contributed by atoms with Crippen LogP contribution in [0.1, 0.15) is 23.7 Å². The van der Waals surface area contributed by atoms with Gasteiger partial charge < -0.3 is 16.8 Å². The fraction of sp³-hybridized carbons (Fsp3) is 0.238. The third-order valence-electron chi connectivity index (χ3n) is 4.71. The Labute approximate surface area is 171 Å². The maximum absolute atomic E-state index is 11.6. The summed E-state index contributed by atoms with van der Waals surface area (Å²) in [5.74, 6) is 0.556. The Morgan fingerprint density at radius 3 is 2.31 bits per heavy atom. The number of rotatable bonds is 6. The summed E-state index contributed by atoms with van der Waals surface area (Å²) in [5.41, 5.74) is 17.4. The molecule has 0 atom stereocenters. The summed E-state index contributed by atoms with van der Waals surface area (Å²) < 4.78 is 23.1. The van der Waals surface area contributed by atoms with Gasteiger partial charge in [-0.25, -0.2) is 13.4 Å². The van der Waals surface area contributed by atoms with Gasteiger partial charge >= 0.3 is 0 Å². The molecule has 3 rings (SSSR count). The number of anilines is 3. The van der Waals surface area contributed by atoms with Crippen LogP contribution >= 0.6 is 0 Å². The van der Waals surface area contributed by atoms with E-state index in [9.17, 15) is 8.42 Å². The summed E-state index contributed by atoms with van der Waals surface area (Å²) in [7, 11) is -3.19. The van der Waals surface area contributed by atoms with E-state index in [1.807, 2.05) is 44.2 Å². The van der Waals surface area contributed by atoms with Gasteiger partial charge in [0, 0.05) is 24.1 Å². The summed E-state index contributed by atoms with van der Waals surface area (Å²) in [4.78, 5) is 8.72. The van der Waals surface area contributed by atoms with Crippen LogP contribution in [-0.2, 0) is 22.8 Å². The Kier molecular flexibility index (Phi) is 5.74. The summed E-state index contributed by atoms with van der Waals surface area (Å²) in [5, 5.41) is 3.39. The number of aryl methyl sites for hydroxylation is 2. The highest BCUT2D eigenvalue weighted by atomic mass is 32.2. The van der Waals surface area contributed by atoms with Crippen LogP contribution in [0.4, 0.5) is 17.5 Å². The molecular weight excluding hydrogens is 386 g/mol. The fourth-order valence-electron chi connectivity index (χ4n) is 3.19. The molecule has 0 amide bonds. The van der Waals surface area contributed by atoms with Crippen molar-refractivity contribution >= 4 is 27.3 Å². The molecule has 1 aromatic heterocycles. The Hall–Kier alpha value is -3.13. The molecule has 0 fully saturated rings. The highest BCUT2D eigenvalue weighted by Crippen LogP contribution is 2.31. The van der Waals surface area contributed by atoms with Crippen molar-refractivity contribution in [3.63, 3.8) is 0 Å². The number of nitrogens with one attached hydrogen (secondary N) is 1. The third-order valence-corrected chi connectivity index (χ3v) is 5.84. The van der Waals surface area contributed by atoms with Crippen molar-refractivity contribution in [2.24, 2.45) is 0 Å². The molecule has 3 aromatic rings. The second kappa shape index (κ2) is 8.08. The highest BCUT2D eigenvalue weighted by Gasteiger charge is 2.13. The molecule has 8 heteroatoms. The average molecular weight is 412 g/mol. The van der Waals surface area contributed by atoms with Crippen molar-refractivity contribution in [3.8, 4) is 11.1 Å². The van der Waals surface area contributed by atoms with Crippen LogP contribution < -0.4 is 16.8 Å². The van der Waals surface area contributed by atoms with Gasteiger partial charge in [-0.3, -0.25) is 0 Å². The number of nitrogens with zero attached hydrogens (tertiary/aromatic N) is 2. The summed E-state index contributed by atoms with van der Waals surface area (Å²) in [6.45, 7) is 4.60. The van der Waals surface area contributed by atoms with Gasteiger partial charge in [0.2, 0.25) is 5.95 Å². The van der Waals surface area contributed by atoms with E-state index in [-0.39, 0.29) is 5.95 Å². The van der Waals surface area contributed by atoms with Gasteiger partial charge in [-0.2, -0.15) is 4.98 Å². The van der Waals surface area contributed by atoms with Crippen LogP contribution in [0, 0.1) is 6.92 Å².